The predicted octanol–water partition coefficient (Wildman–Crippen LogP) is 3.84. The van der Waals surface area contributed by atoms with E-state index < -0.39 is 0 Å². The van der Waals surface area contributed by atoms with Crippen molar-refractivity contribution in [3.63, 3.8) is 0 Å². The smallest absolute Gasteiger partial charge is 0.0649 e. The van der Waals surface area contributed by atoms with Crippen LogP contribution >= 0.6 is 0 Å². The molecule has 2 nitrogen and oxygen atoms in total. The second-order valence-corrected chi connectivity index (χ2v) is 12.3. The highest BCUT2D eigenvalue weighted by Crippen LogP contribution is 2.93. The molecule has 0 aromatic rings. The van der Waals surface area contributed by atoms with Gasteiger partial charge in [0.25, 0.3) is 0 Å². The summed E-state index contributed by atoms with van der Waals surface area (Å²) in [6.45, 7) is 13.6. The van der Waals surface area contributed by atoms with Gasteiger partial charge >= 0.3 is 0 Å². The highest BCUT2D eigenvalue weighted by atomic mass is 16.5. The van der Waals surface area contributed by atoms with Crippen LogP contribution in [-0.4, -0.2) is 23.4 Å². The lowest BCUT2D eigenvalue weighted by Crippen LogP contribution is -2.35. The third kappa shape index (κ3) is 1.19. The summed E-state index contributed by atoms with van der Waals surface area (Å²) in [4.78, 5) is 0. The van der Waals surface area contributed by atoms with Crippen molar-refractivity contribution in [2.24, 2.45) is 71.0 Å². The van der Waals surface area contributed by atoms with E-state index in [-0.39, 0.29) is 11.2 Å². The van der Waals surface area contributed by atoms with Crippen LogP contribution in [0.1, 0.15) is 41.5 Å². The van der Waals surface area contributed by atoms with Gasteiger partial charge in [-0.3, -0.25) is 0 Å². The molecule has 0 saturated heterocycles. The van der Waals surface area contributed by atoms with E-state index in [2.05, 4.69) is 41.5 Å². The number of hydrogen-bond acceptors (Lipinski definition) is 2. The molecule has 8 aliphatic rings. The van der Waals surface area contributed by atoms with Crippen molar-refractivity contribution in [3.8, 4) is 0 Å². The molecule has 0 atom stereocenters. The Kier molecular flexibility index (Phi) is 2.06. The van der Waals surface area contributed by atoms with Crippen molar-refractivity contribution in [1.29, 1.82) is 0 Å². The second-order valence-electron chi connectivity index (χ2n) is 12.3. The van der Waals surface area contributed by atoms with E-state index in [1.165, 1.54) is 0 Å². The summed E-state index contributed by atoms with van der Waals surface area (Å²) in [5.41, 5.74) is 0.0633. The summed E-state index contributed by atoms with van der Waals surface area (Å²) in [6, 6.07) is 0. The lowest BCUT2D eigenvalue weighted by atomic mass is 9.80. The first-order valence-electron chi connectivity index (χ1n) is 10.5. The predicted molar refractivity (Wildman–Crippen MR) is 91.1 cm³/mol. The summed E-state index contributed by atoms with van der Waals surface area (Å²) in [6.07, 6.45) is 1.22. The first-order chi connectivity index (χ1) is 11.2. The van der Waals surface area contributed by atoms with Crippen LogP contribution in [0.25, 0.3) is 0 Å². The summed E-state index contributed by atoms with van der Waals surface area (Å²) < 4.78 is 13.4. The molecule has 0 aliphatic heterocycles. The van der Waals surface area contributed by atoms with E-state index in [4.69, 9.17) is 9.47 Å². The van der Waals surface area contributed by atoms with Crippen LogP contribution in [0.4, 0.5) is 0 Å². The third-order valence-electron chi connectivity index (χ3n) is 9.61. The second kappa shape index (κ2) is 3.52. The van der Waals surface area contributed by atoms with Gasteiger partial charge in [-0.25, -0.2) is 0 Å². The van der Waals surface area contributed by atoms with Gasteiger partial charge in [-0.2, -0.15) is 0 Å². The minimum atomic E-state index is 0.0317. The molecule has 132 valence electrons. The Hall–Kier alpha value is -0.0800. The van der Waals surface area contributed by atoms with E-state index in [0.29, 0.717) is 12.2 Å². The van der Waals surface area contributed by atoms with Crippen LogP contribution in [0.2, 0.25) is 0 Å². The van der Waals surface area contributed by atoms with Crippen LogP contribution in [0.15, 0.2) is 0 Å². The van der Waals surface area contributed by atoms with Gasteiger partial charge in [0.2, 0.25) is 0 Å². The maximum Gasteiger partial charge on any atom is 0.0649 e. The zero-order chi connectivity index (χ0) is 16.5. The molecule has 0 aromatic carbocycles. The van der Waals surface area contributed by atoms with Crippen LogP contribution < -0.4 is 0 Å². The molecular formula is C22H32O2. The van der Waals surface area contributed by atoms with Crippen molar-refractivity contribution in [2.75, 3.05) is 0 Å². The van der Waals surface area contributed by atoms with Crippen molar-refractivity contribution < 1.29 is 9.47 Å². The van der Waals surface area contributed by atoms with Gasteiger partial charge in [0.1, 0.15) is 0 Å². The van der Waals surface area contributed by atoms with Gasteiger partial charge in [-0.05, 0) is 113 Å². The summed E-state index contributed by atoms with van der Waals surface area (Å²) in [7, 11) is 0. The molecule has 8 aliphatic carbocycles. The van der Waals surface area contributed by atoms with Crippen molar-refractivity contribution in [1.82, 2.24) is 0 Å². The monoisotopic (exact) mass is 328 g/mol. The molecule has 8 fully saturated rings. The normalized spacial score (nSPS) is 68.8. The maximum absolute atomic E-state index is 6.71. The highest BCUT2D eigenvalue weighted by molar-refractivity contribution is 5.39. The Labute approximate surface area is 146 Å². The molecular weight excluding hydrogens is 296 g/mol. The summed E-state index contributed by atoms with van der Waals surface area (Å²) in [5.74, 6) is 11.9. The zero-order valence-electron chi connectivity index (χ0n) is 15.9. The Morgan fingerprint density at radius 3 is 0.750 bits per heavy atom. The first kappa shape index (κ1) is 14.0. The van der Waals surface area contributed by atoms with Crippen LogP contribution in [0, 0.1) is 71.0 Å². The fraction of sp³-hybridized carbons (Fsp3) is 1.00. The minimum Gasteiger partial charge on any atom is -0.372 e. The van der Waals surface area contributed by atoms with E-state index in [1.54, 1.807) is 0 Å². The molecule has 8 rings (SSSR count). The van der Waals surface area contributed by atoms with E-state index >= 15 is 0 Å². The molecule has 0 amide bonds. The fourth-order valence-corrected chi connectivity index (χ4v) is 10.6. The summed E-state index contributed by atoms with van der Waals surface area (Å²) in [5, 5.41) is 0. The lowest BCUT2D eigenvalue weighted by molar-refractivity contribution is -0.101. The van der Waals surface area contributed by atoms with Gasteiger partial charge in [-0.1, -0.05) is 0 Å². The van der Waals surface area contributed by atoms with Gasteiger partial charge in [-0.15, -0.1) is 0 Å². The Bertz CT molecular complexity index is 497. The van der Waals surface area contributed by atoms with Gasteiger partial charge < -0.3 is 9.47 Å². The average Bonchev–Trinajstić information content (AvgIpc) is 3.09. The quantitative estimate of drug-likeness (QED) is 0.767. The topological polar surface area (TPSA) is 18.5 Å². The SMILES string of the molecule is CC(C)(C)OC1C2C3C4C1C1C2C2C5C(OC(C)(C)C)C(C32)C4C51. The van der Waals surface area contributed by atoms with E-state index in [1.807, 2.05) is 0 Å². The van der Waals surface area contributed by atoms with E-state index in [9.17, 15) is 0 Å². The van der Waals surface area contributed by atoms with Crippen LogP contribution in [-0.2, 0) is 9.47 Å². The van der Waals surface area contributed by atoms with Gasteiger partial charge in [0.15, 0.2) is 0 Å². The number of hydrogen-bond donors (Lipinski definition) is 0. The molecule has 8 saturated carbocycles. The molecule has 0 aromatic heterocycles. The van der Waals surface area contributed by atoms with Crippen LogP contribution in [0.3, 0.4) is 0 Å². The zero-order valence-corrected chi connectivity index (χ0v) is 15.9. The fourth-order valence-electron chi connectivity index (χ4n) is 10.6. The highest BCUT2D eigenvalue weighted by Gasteiger charge is 2.93. The molecule has 24 heavy (non-hydrogen) atoms. The van der Waals surface area contributed by atoms with Gasteiger partial charge in [0.05, 0.1) is 23.4 Å². The average molecular weight is 328 g/mol. The maximum atomic E-state index is 6.71. The Balaban J connectivity index is 1.30. The molecule has 4 bridgehead atoms. The summed E-state index contributed by atoms with van der Waals surface area (Å²) >= 11 is 0. The minimum absolute atomic E-state index is 0.0317. The molecule has 0 unspecified atom stereocenters. The largest absolute Gasteiger partial charge is 0.372 e. The standard InChI is InChI=1S/C22H32O2/c1-21(2,3)23-19-15-7-8-12-14-10(16(8)19)9(15)13-11(7)17(12)20(18(13)14)24-22(4,5)6/h7-20H,1-6H3. The van der Waals surface area contributed by atoms with Crippen LogP contribution in [0.5, 0.6) is 0 Å². The van der Waals surface area contributed by atoms with Crippen molar-refractivity contribution in [3.05, 3.63) is 0 Å². The molecule has 0 radical (unpaired) electrons. The first-order valence-corrected chi connectivity index (χ1v) is 10.5. The molecule has 0 N–H and O–H groups in total. The Morgan fingerprint density at radius 1 is 0.375 bits per heavy atom. The molecule has 0 spiro atoms. The lowest BCUT2D eigenvalue weighted by Gasteiger charge is -2.32. The van der Waals surface area contributed by atoms with E-state index in [0.717, 1.165) is 71.0 Å². The van der Waals surface area contributed by atoms with Crippen molar-refractivity contribution >= 4 is 0 Å². The van der Waals surface area contributed by atoms with Crippen molar-refractivity contribution in [2.45, 2.75) is 65.0 Å². The Morgan fingerprint density at radius 2 is 0.583 bits per heavy atom. The molecule has 0 heterocycles. The molecule has 2 heteroatoms. The van der Waals surface area contributed by atoms with Gasteiger partial charge in [0, 0.05) is 0 Å². The number of rotatable bonds is 2. The third-order valence-corrected chi connectivity index (χ3v) is 9.61. The number of ether oxygens (including phenoxy) is 2.